The summed E-state index contributed by atoms with van der Waals surface area (Å²) in [5.41, 5.74) is 8.37. The Bertz CT molecular complexity index is 1200. The maximum absolute atomic E-state index is 12.6. The van der Waals surface area contributed by atoms with Gasteiger partial charge in [-0.15, -0.1) is 0 Å². The Morgan fingerprint density at radius 1 is 1.04 bits per heavy atom. The van der Waals surface area contributed by atoms with Crippen LogP contribution in [0.2, 0.25) is 0 Å². The van der Waals surface area contributed by atoms with Crippen molar-refractivity contribution in [1.29, 1.82) is 0 Å². The van der Waals surface area contributed by atoms with Gasteiger partial charge < -0.3 is 14.7 Å². The van der Waals surface area contributed by atoms with Gasteiger partial charge in [0.15, 0.2) is 0 Å². The molecule has 2 heterocycles. The number of carbonyl (C=O) groups excluding carboxylic acids is 1. The second-order valence-corrected chi connectivity index (χ2v) is 6.07. The van der Waals surface area contributed by atoms with Gasteiger partial charge in [0.25, 0.3) is 5.91 Å². The van der Waals surface area contributed by atoms with Crippen molar-refractivity contribution in [2.45, 2.75) is 6.92 Å². The molecule has 5 heteroatoms. The molecule has 0 aliphatic heterocycles. The molecule has 0 saturated heterocycles. The van der Waals surface area contributed by atoms with Gasteiger partial charge in [0.2, 0.25) is 5.43 Å². The number of rotatable bonds is 3. The summed E-state index contributed by atoms with van der Waals surface area (Å²) in [6.45, 7) is 1.97. The van der Waals surface area contributed by atoms with Crippen molar-refractivity contribution in [2.75, 3.05) is 0 Å². The van der Waals surface area contributed by atoms with E-state index in [-0.39, 0.29) is 11.0 Å². The summed E-state index contributed by atoms with van der Waals surface area (Å²) in [7, 11) is 0. The number of furan rings is 1. The van der Waals surface area contributed by atoms with Crippen LogP contribution in [0, 0.1) is 6.92 Å². The Kier molecular flexibility index (Phi) is 3.69. The molecule has 26 heavy (non-hydrogen) atoms. The minimum atomic E-state index is -0.749. The van der Waals surface area contributed by atoms with Crippen LogP contribution in [0.1, 0.15) is 15.9 Å². The van der Waals surface area contributed by atoms with Gasteiger partial charge in [0, 0.05) is 17.1 Å². The van der Waals surface area contributed by atoms with Gasteiger partial charge in [0.05, 0.1) is 17.5 Å². The number of primary amides is 1. The SMILES string of the molecule is Cc1ccoc1-c1ccccc1-n1cc(C(N)=O)c(=O)c2ccccc21. The number of carbonyl (C=O) groups is 1. The second kappa shape index (κ2) is 6.04. The van der Waals surface area contributed by atoms with Crippen LogP contribution in [0.15, 0.2) is 76.3 Å². The molecule has 0 radical (unpaired) electrons. The molecule has 0 aliphatic rings. The molecule has 0 aliphatic carbocycles. The van der Waals surface area contributed by atoms with E-state index in [4.69, 9.17) is 10.2 Å². The molecule has 2 aromatic carbocycles. The second-order valence-electron chi connectivity index (χ2n) is 6.07. The normalized spacial score (nSPS) is 11.0. The van der Waals surface area contributed by atoms with E-state index >= 15 is 0 Å². The smallest absolute Gasteiger partial charge is 0.254 e. The number of hydrogen-bond donors (Lipinski definition) is 1. The molecule has 0 spiro atoms. The zero-order valence-corrected chi connectivity index (χ0v) is 14.1. The number of nitrogens with two attached hydrogens (primary N) is 1. The van der Waals surface area contributed by atoms with Crippen molar-refractivity contribution >= 4 is 16.8 Å². The van der Waals surface area contributed by atoms with Gasteiger partial charge in [0.1, 0.15) is 11.3 Å². The first-order valence-corrected chi connectivity index (χ1v) is 8.16. The van der Waals surface area contributed by atoms with Crippen LogP contribution < -0.4 is 11.2 Å². The fraction of sp³-hybridized carbons (Fsp3) is 0.0476. The van der Waals surface area contributed by atoms with Gasteiger partial charge in [-0.1, -0.05) is 24.3 Å². The Morgan fingerprint density at radius 3 is 2.50 bits per heavy atom. The average Bonchev–Trinajstić information content (AvgIpc) is 3.08. The zero-order chi connectivity index (χ0) is 18.3. The van der Waals surface area contributed by atoms with Crippen molar-refractivity contribution in [3.63, 3.8) is 0 Å². The van der Waals surface area contributed by atoms with Crippen LogP contribution in [-0.2, 0) is 0 Å². The highest BCUT2D eigenvalue weighted by atomic mass is 16.3. The molecular formula is C21H16N2O3. The average molecular weight is 344 g/mol. The first-order chi connectivity index (χ1) is 12.6. The van der Waals surface area contributed by atoms with Crippen molar-refractivity contribution in [1.82, 2.24) is 4.57 Å². The molecule has 0 bridgehead atoms. The lowest BCUT2D eigenvalue weighted by atomic mass is 10.1. The predicted molar refractivity (Wildman–Crippen MR) is 101 cm³/mol. The molecule has 0 saturated carbocycles. The molecule has 0 atom stereocenters. The van der Waals surface area contributed by atoms with Crippen LogP contribution in [-0.4, -0.2) is 10.5 Å². The van der Waals surface area contributed by atoms with E-state index in [1.54, 1.807) is 18.4 Å². The molecule has 4 aromatic rings. The number of aryl methyl sites for hydroxylation is 1. The number of nitrogens with zero attached hydrogens (tertiary/aromatic N) is 1. The van der Waals surface area contributed by atoms with Gasteiger partial charge in [-0.25, -0.2) is 0 Å². The molecule has 4 rings (SSSR count). The Morgan fingerprint density at radius 2 is 1.77 bits per heavy atom. The summed E-state index contributed by atoms with van der Waals surface area (Å²) in [5, 5.41) is 0.440. The first-order valence-electron chi connectivity index (χ1n) is 8.16. The summed E-state index contributed by atoms with van der Waals surface area (Å²) < 4.78 is 7.47. The van der Waals surface area contributed by atoms with E-state index in [0.717, 1.165) is 22.6 Å². The van der Waals surface area contributed by atoms with Gasteiger partial charge in [-0.05, 0) is 42.8 Å². The molecule has 0 unspecified atom stereocenters. The maximum Gasteiger partial charge on any atom is 0.254 e. The minimum absolute atomic E-state index is 0.0466. The third kappa shape index (κ3) is 2.41. The number of fused-ring (bicyclic) bond motifs is 1. The molecule has 1 amide bonds. The summed E-state index contributed by atoms with van der Waals surface area (Å²) >= 11 is 0. The third-order valence-electron chi connectivity index (χ3n) is 4.45. The standard InChI is InChI=1S/C21H16N2O3/c1-13-10-11-26-20(13)15-7-3-5-9-18(15)23-12-16(21(22)25)19(24)14-6-2-4-8-17(14)23/h2-12H,1H3,(H2,22,25). The van der Waals surface area contributed by atoms with Crippen molar-refractivity contribution in [3.05, 3.63) is 88.4 Å². The predicted octanol–water partition coefficient (Wildman–Crippen LogP) is 3.66. The lowest BCUT2D eigenvalue weighted by Gasteiger charge is -2.16. The molecule has 2 N–H and O–H groups in total. The summed E-state index contributed by atoms with van der Waals surface area (Å²) in [5.74, 6) is -0.00910. The number of aromatic nitrogens is 1. The number of para-hydroxylation sites is 2. The highest BCUT2D eigenvalue weighted by Crippen LogP contribution is 2.31. The summed E-state index contributed by atoms with van der Waals surface area (Å²) in [6.07, 6.45) is 3.14. The van der Waals surface area contributed by atoms with E-state index in [2.05, 4.69) is 0 Å². The van der Waals surface area contributed by atoms with Crippen LogP contribution in [0.4, 0.5) is 0 Å². The Balaban J connectivity index is 2.12. The highest BCUT2D eigenvalue weighted by molar-refractivity contribution is 5.97. The van der Waals surface area contributed by atoms with E-state index in [9.17, 15) is 9.59 Å². The van der Waals surface area contributed by atoms with E-state index < -0.39 is 5.91 Å². The van der Waals surface area contributed by atoms with Crippen LogP contribution >= 0.6 is 0 Å². The molecular weight excluding hydrogens is 328 g/mol. The fourth-order valence-corrected chi connectivity index (χ4v) is 3.18. The Labute approximate surface area is 149 Å². The van der Waals surface area contributed by atoms with Crippen LogP contribution in [0.5, 0.6) is 0 Å². The zero-order valence-electron chi connectivity index (χ0n) is 14.1. The fourth-order valence-electron chi connectivity index (χ4n) is 3.18. The summed E-state index contributed by atoms with van der Waals surface area (Å²) in [6, 6.07) is 16.7. The lowest BCUT2D eigenvalue weighted by molar-refractivity contribution is 0.0999. The third-order valence-corrected chi connectivity index (χ3v) is 4.45. The number of pyridine rings is 1. The van der Waals surface area contributed by atoms with E-state index in [1.165, 1.54) is 6.20 Å². The van der Waals surface area contributed by atoms with E-state index in [1.807, 2.05) is 54.0 Å². The molecule has 0 fully saturated rings. The largest absolute Gasteiger partial charge is 0.464 e. The molecule has 2 aromatic heterocycles. The monoisotopic (exact) mass is 344 g/mol. The van der Waals surface area contributed by atoms with E-state index in [0.29, 0.717) is 10.9 Å². The van der Waals surface area contributed by atoms with Crippen molar-refractivity contribution in [3.8, 4) is 17.0 Å². The lowest BCUT2D eigenvalue weighted by Crippen LogP contribution is -2.24. The number of amides is 1. The maximum atomic E-state index is 12.6. The summed E-state index contributed by atoms with van der Waals surface area (Å²) in [4.78, 5) is 24.4. The molecule has 5 nitrogen and oxygen atoms in total. The molecule has 128 valence electrons. The highest BCUT2D eigenvalue weighted by Gasteiger charge is 2.17. The van der Waals surface area contributed by atoms with Crippen molar-refractivity contribution in [2.24, 2.45) is 5.73 Å². The van der Waals surface area contributed by atoms with Crippen LogP contribution in [0.25, 0.3) is 27.9 Å². The topological polar surface area (TPSA) is 78.2 Å². The number of benzene rings is 2. The minimum Gasteiger partial charge on any atom is -0.464 e. The quantitative estimate of drug-likeness (QED) is 0.616. The Hall–Kier alpha value is -3.60. The van der Waals surface area contributed by atoms with Gasteiger partial charge in [-0.3, -0.25) is 9.59 Å². The first kappa shape index (κ1) is 15.9. The van der Waals surface area contributed by atoms with Crippen molar-refractivity contribution < 1.29 is 9.21 Å². The van der Waals surface area contributed by atoms with Gasteiger partial charge >= 0.3 is 0 Å². The van der Waals surface area contributed by atoms with Crippen LogP contribution in [0.3, 0.4) is 0 Å². The number of hydrogen-bond acceptors (Lipinski definition) is 3. The van der Waals surface area contributed by atoms with Gasteiger partial charge in [-0.2, -0.15) is 0 Å².